The van der Waals surface area contributed by atoms with E-state index in [0.717, 1.165) is 42.9 Å². The molecule has 4 N–H and O–H groups in total. The molecular formula is C20H26N6O. The number of urea groups is 1. The highest BCUT2D eigenvalue weighted by Crippen LogP contribution is 2.24. The normalized spacial score (nSPS) is 18.4. The highest BCUT2D eigenvalue weighted by atomic mass is 16.2. The summed E-state index contributed by atoms with van der Waals surface area (Å²) in [7, 11) is 3.89. The molecule has 0 saturated carbocycles. The van der Waals surface area contributed by atoms with Gasteiger partial charge in [-0.3, -0.25) is 5.32 Å². The van der Waals surface area contributed by atoms with E-state index >= 15 is 0 Å². The van der Waals surface area contributed by atoms with Gasteiger partial charge in [0, 0.05) is 25.4 Å². The number of aromatic nitrogens is 1. The third-order valence-electron chi connectivity index (χ3n) is 4.73. The largest absolute Gasteiger partial charge is 0.386 e. The lowest BCUT2D eigenvalue weighted by Crippen LogP contribution is -2.39. The summed E-state index contributed by atoms with van der Waals surface area (Å²) >= 11 is 0. The number of pyridine rings is 1. The average Bonchev–Trinajstić information content (AvgIpc) is 2.67. The molecule has 142 valence electrons. The number of hydrogen-bond donors (Lipinski definition) is 4. The second-order valence-corrected chi connectivity index (χ2v) is 6.74. The molecule has 27 heavy (non-hydrogen) atoms. The van der Waals surface area contributed by atoms with Crippen LogP contribution in [0, 0.1) is 5.41 Å². The van der Waals surface area contributed by atoms with E-state index in [2.05, 4.69) is 32.9 Å². The first-order valence-corrected chi connectivity index (χ1v) is 9.14. The van der Waals surface area contributed by atoms with Crippen molar-refractivity contribution in [2.75, 3.05) is 37.8 Å². The lowest BCUT2D eigenvalue weighted by atomic mass is 10.1. The van der Waals surface area contributed by atoms with E-state index in [1.165, 1.54) is 6.21 Å². The van der Waals surface area contributed by atoms with E-state index < -0.39 is 0 Å². The fraction of sp³-hybridized carbons (Fsp3) is 0.350. The molecule has 0 spiro atoms. The van der Waals surface area contributed by atoms with Crippen LogP contribution in [0.25, 0.3) is 0 Å². The van der Waals surface area contributed by atoms with Crippen molar-refractivity contribution < 1.29 is 4.79 Å². The van der Waals surface area contributed by atoms with Crippen LogP contribution in [-0.4, -0.2) is 49.3 Å². The molecule has 7 nitrogen and oxygen atoms in total. The minimum Gasteiger partial charge on any atom is -0.386 e. The van der Waals surface area contributed by atoms with Gasteiger partial charge in [0.1, 0.15) is 5.82 Å². The lowest BCUT2D eigenvalue weighted by molar-refractivity contribution is 0.239. The van der Waals surface area contributed by atoms with Crippen molar-refractivity contribution in [1.82, 2.24) is 15.2 Å². The van der Waals surface area contributed by atoms with Crippen LogP contribution in [0.2, 0.25) is 0 Å². The molecule has 7 heteroatoms. The smallest absolute Gasteiger partial charge is 0.320 e. The Morgan fingerprint density at radius 1 is 1.33 bits per heavy atom. The molecule has 2 heterocycles. The zero-order valence-electron chi connectivity index (χ0n) is 15.7. The van der Waals surface area contributed by atoms with Crippen LogP contribution in [0.5, 0.6) is 0 Å². The molecule has 0 radical (unpaired) electrons. The van der Waals surface area contributed by atoms with Crippen molar-refractivity contribution in [3.05, 3.63) is 53.2 Å². The molecular weight excluding hydrogens is 340 g/mol. The number of carbonyl (C=O) groups is 1. The van der Waals surface area contributed by atoms with Gasteiger partial charge in [0.2, 0.25) is 0 Å². The molecule has 1 aliphatic rings. The van der Waals surface area contributed by atoms with Gasteiger partial charge in [-0.25, -0.2) is 9.78 Å². The van der Waals surface area contributed by atoms with E-state index in [4.69, 9.17) is 5.41 Å². The number of fused-ring (bicyclic) bond motifs is 2. The van der Waals surface area contributed by atoms with Crippen LogP contribution in [0.3, 0.4) is 0 Å². The number of nitrogens with one attached hydrogen (secondary N) is 4. The number of rotatable bonds is 3. The molecule has 1 atom stereocenters. The predicted molar refractivity (Wildman–Crippen MR) is 109 cm³/mol. The maximum Gasteiger partial charge on any atom is 0.320 e. The van der Waals surface area contributed by atoms with Gasteiger partial charge in [-0.1, -0.05) is 30.3 Å². The van der Waals surface area contributed by atoms with Gasteiger partial charge in [-0.05, 0) is 38.1 Å². The average molecular weight is 366 g/mol. The molecule has 0 saturated heterocycles. The third-order valence-corrected chi connectivity index (χ3v) is 4.73. The van der Waals surface area contributed by atoms with Crippen molar-refractivity contribution in [3.8, 4) is 0 Å². The number of aryl methyl sites for hydroxylation is 1. The van der Waals surface area contributed by atoms with Gasteiger partial charge in [-0.2, -0.15) is 0 Å². The van der Waals surface area contributed by atoms with E-state index in [0.29, 0.717) is 11.4 Å². The summed E-state index contributed by atoms with van der Waals surface area (Å²) in [5, 5.41) is 16.7. The topological polar surface area (TPSA) is 93.1 Å². The lowest BCUT2D eigenvalue weighted by Gasteiger charge is -2.26. The molecule has 2 amide bonds. The summed E-state index contributed by atoms with van der Waals surface area (Å²) in [6.45, 7) is 1.62. The van der Waals surface area contributed by atoms with Crippen molar-refractivity contribution in [2.45, 2.75) is 18.9 Å². The van der Waals surface area contributed by atoms with Crippen LogP contribution in [0.15, 0.2) is 36.4 Å². The molecule has 1 aromatic heterocycles. The second-order valence-electron chi connectivity index (χ2n) is 6.74. The monoisotopic (exact) mass is 366 g/mol. The Morgan fingerprint density at radius 2 is 2.11 bits per heavy atom. The number of nitrogens with zero attached hydrogens (tertiary/aromatic N) is 2. The highest BCUT2D eigenvalue weighted by Gasteiger charge is 2.19. The van der Waals surface area contributed by atoms with E-state index in [1.807, 2.05) is 37.4 Å². The highest BCUT2D eigenvalue weighted by molar-refractivity contribution is 5.92. The standard InChI is InChI=1S/C20H26N6O/c1-22-19-15(12-21)11-18-23-16(19)9-6-10-26(2)13-17(24-20(27)25-18)14-7-4-3-5-8-14/h3-5,7-8,11-12,17,21-22H,6,9-10,13H2,1-2H3,(H2,23,24,25,27)/t17-/m1/s1. The van der Waals surface area contributed by atoms with Crippen molar-refractivity contribution >= 4 is 23.8 Å². The van der Waals surface area contributed by atoms with Gasteiger partial charge < -0.3 is 20.9 Å². The molecule has 3 rings (SSSR count). The van der Waals surface area contributed by atoms with E-state index in [1.54, 1.807) is 6.07 Å². The summed E-state index contributed by atoms with van der Waals surface area (Å²) < 4.78 is 0. The molecule has 2 aromatic rings. The summed E-state index contributed by atoms with van der Waals surface area (Å²) in [5.41, 5.74) is 3.49. The van der Waals surface area contributed by atoms with Gasteiger partial charge in [0.05, 0.1) is 17.4 Å². The molecule has 0 unspecified atom stereocenters. The quantitative estimate of drug-likeness (QED) is 0.629. The van der Waals surface area contributed by atoms with Crippen LogP contribution in [0.1, 0.15) is 29.3 Å². The maximum absolute atomic E-state index is 12.6. The summed E-state index contributed by atoms with van der Waals surface area (Å²) in [6, 6.07) is 11.3. The van der Waals surface area contributed by atoms with Gasteiger partial charge in [0.25, 0.3) is 0 Å². The van der Waals surface area contributed by atoms with Crippen molar-refractivity contribution in [2.24, 2.45) is 0 Å². The van der Waals surface area contributed by atoms with Crippen LogP contribution in [-0.2, 0) is 6.42 Å². The number of benzene rings is 1. The Morgan fingerprint density at radius 3 is 2.81 bits per heavy atom. The summed E-state index contributed by atoms with van der Waals surface area (Å²) in [6.07, 6.45) is 2.99. The Bertz CT molecular complexity index is 808. The molecule has 0 aliphatic carbocycles. The van der Waals surface area contributed by atoms with Gasteiger partial charge in [-0.15, -0.1) is 0 Å². The van der Waals surface area contributed by atoms with Crippen molar-refractivity contribution in [3.63, 3.8) is 0 Å². The van der Waals surface area contributed by atoms with Crippen molar-refractivity contribution in [1.29, 1.82) is 5.41 Å². The molecule has 2 bridgehead atoms. The number of amides is 2. The van der Waals surface area contributed by atoms with Gasteiger partial charge >= 0.3 is 6.03 Å². The first-order valence-electron chi connectivity index (χ1n) is 9.14. The first-order chi connectivity index (χ1) is 13.1. The number of hydrogen-bond acceptors (Lipinski definition) is 5. The van der Waals surface area contributed by atoms with Crippen LogP contribution < -0.4 is 16.0 Å². The molecule has 1 aromatic carbocycles. The third kappa shape index (κ3) is 4.62. The Balaban J connectivity index is 1.92. The zero-order chi connectivity index (χ0) is 19.2. The fourth-order valence-electron chi connectivity index (χ4n) is 3.42. The zero-order valence-corrected chi connectivity index (χ0v) is 15.7. The Hall–Kier alpha value is -2.93. The van der Waals surface area contributed by atoms with Crippen LogP contribution in [0.4, 0.5) is 16.3 Å². The molecule has 1 aliphatic heterocycles. The SMILES string of the molecule is CNc1c(C=N)cc2nc1CCCN(C)C[C@H](c1ccccc1)NC(=O)N2. The number of carbonyl (C=O) groups excluding carboxylic acids is 1. The Kier molecular flexibility index (Phi) is 6.03. The van der Waals surface area contributed by atoms with Crippen LogP contribution >= 0.6 is 0 Å². The summed E-state index contributed by atoms with van der Waals surface area (Å²) in [5.74, 6) is 0.459. The number of likely N-dealkylation sites (N-methyl/N-ethyl adjacent to an activating group) is 1. The first kappa shape index (κ1) is 18.8. The Labute approximate surface area is 159 Å². The fourth-order valence-corrected chi connectivity index (χ4v) is 3.42. The van der Waals surface area contributed by atoms with Gasteiger partial charge in [0.15, 0.2) is 0 Å². The minimum absolute atomic E-state index is 0.117. The van der Waals surface area contributed by atoms with E-state index in [9.17, 15) is 4.79 Å². The minimum atomic E-state index is -0.301. The number of anilines is 2. The summed E-state index contributed by atoms with van der Waals surface area (Å²) in [4.78, 5) is 19.4. The second kappa shape index (κ2) is 8.64. The molecule has 0 fully saturated rings. The predicted octanol–water partition coefficient (Wildman–Crippen LogP) is 2.86. The maximum atomic E-state index is 12.6. The van der Waals surface area contributed by atoms with E-state index in [-0.39, 0.29) is 12.1 Å².